The molecule has 4 aliphatic rings. The molecule has 0 atom stereocenters. The Balaban J connectivity index is 1.43. The molecule has 0 saturated heterocycles. The average Bonchev–Trinajstić information content (AvgIpc) is 2.73. The van der Waals surface area contributed by atoms with E-state index in [1.54, 1.807) is 6.42 Å². The molecule has 18 heavy (non-hydrogen) atoms. The Kier molecular flexibility index (Phi) is 2.51. The SMILES string of the molecule is Cc1ncc(CNC2C3CC4CC(C3)CC2C4)[nH]1. The molecule has 0 unspecified atom stereocenters. The molecule has 0 aromatic carbocycles. The van der Waals surface area contributed by atoms with Crippen molar-refractivity contribution >= 4 is 0 Å². The summed E-state index contributed by atoms with van der Waals surface area (Å²) in [4.78, 5) is 7.60. The summed E-state index contributed by atoms with van der Waals surface area (Å²) in [7, 11) is 0. The van der Waals surface area contributed by atoms with Crippen molar-refractivity contribution < 1.29 is 0 Å². The van der Waals surface area contributed by atoms with Crippen molar-refractivity contribution in [3.63, 3.8) is 0 Å². The molecule has 0 amide bonds. The van der Waals surface area contributed by atoms with Crippen LogP contribution in [0.2, 0.25) is 0 Å². The van der Waals surface area contributed by atoms with Gasteiger partial charge in [-0.1, -0.05) is 0 Å². The molecule has 1 heterocycles. The molecule has 3 nitrogen and oxygen atoms in total. The quantitative estimate of drug-likeness (QED) is 0.859. The van der Waals surface area contributed by atoms with Gasteiger partial charge in [0.25, 0.3) is 0 Å². The molecule has 0 radical (unpaired) electrons. The van der Waals surface area contributed by atoms with E-state index in [1.165, 1.54) is 31.4 Å². The molecule has 1 aromatic heterocycles. The lowest BCUT2D eigenvalue weighted by Crippen LogP contribution is -2.54. The summed E-state index contributed by atoms with van der Waals surface area (Å²) in [5.41, 5.74) is 1.24. The summed E-state index contributed by atoms with van der Waals surface area (Å²) in [5.74, 6) is 5.09. The number of aryl methyl sites for hydroxylation is 1. The van der Waals surface area contributed by atoms with Crippen molar-refractivity contribution in [1.29, 1.82) is 0 Å². The van der Waals surface area contributed by atoms with Gasteiger partial charge in [-0.05, 0) is 62.7 Å². The largest absolute Gasteiger partial charge is 0.345 e. The highest BCUT2D eigenvalue weighted by molar-refractivity contribution is 5.04. The fourth-order valence-electron chi connectivity index (χ4n) is 5.05. The molecular weight excluding hydrogens is 222 g/mol. The van der Waals surface area contributed by atoms with Crippen LogP contribution in [-0.2, 0) is 6.54 Å². The van der Waals surface area contributed by atoms with Crippen molar-refractivity contribution in [1.82, 2.24) is 15.3 Å². The number of imidazole rings is 1. The average molecular weight is 245 g/mol. The Morgan fingerprint density at radius 1 is 1.17 bits per heavy atom. The standard InChI is InChI=1S/C15H23N3/c1-9-16-7-14(18-9)8-17-15-12-3-10-2-11(5-12)6-13(15)4-10/h7,10-13,15,17H,2-6,8H2,1H3,(H,16,18). The first-order chi connectivity index (χ1) is 8.78. The Hall–Kier alpha value is -0.830. The lowest BCUT2D eigenvalue weighted by molar-refractivity contribution is -0.0143. The normalized spacial score (nSPS) is 41.5. The maximum atomic E-state index is 4.28. The number of aromatic nitrogens is 2. The molecule has 4 aliphatic carbocycles. The minimum atomic E-state index is 0.779. The van der Waals surface area contributed by atoms with Crippen LogP contribution in [0.4, 0.5) is 0 Å². The predicted molar refractivity (Wildman–Crippen MR) is 71.0 cm³/mol. The van der Waals surface area contributed by atoms with Gasteiger partial charge < -0.3 is 10.3 Å². The highest BCUT2D eigenvalue weighted by Gasteiger charge is 2.47. The number of rotatable bonds is 3. The van der Waals surface area contributed by atoms with Gasteiger partial charge in [0.2, 0.25) is 0 Å². The summed E-state index contributed by atoms with van der Waals surface area (Å²) < 4.78 is 0. The van der Waals surface area contributed by atoms with Gasteiger partial charge in [0.1, 0.15) is 5.82 Å². The van der Waals surface area contributed by atoms with Gasteiger partial charge in [-0.25, -0.2) is 4.98 Å². The molecule has 4 fully saturated rings. The summed E-state index contributed by atoms with van der Waals surface area (Å²) in [6.45, 7) is 2.99. The van der Waals surface area contributed by atoms with E-state index in [1.807, 2.05) is 13.1 Å². The number of hydrogen-bond donors (Lipinski definition) is 2. The lowest BCUT2D eigenvalue weighted by Gasteiger charge is -2.54. The van der Waals surface area contributed by atoms with Gasteiger partial charge in [0, 0.05) is 24.5 Å². The van der Waals surface area contributed by atoms with Gasteiger partial charge in [0.15, 0.2) is 0 Å². The second-order valence-electron chi connectivity index (χ2n) is 6.83. The topological polar surface area (TPSA) is 40.7 Å². The number of nitrogens with zero attached hydrogens (tertiary/aromatic N) is 1. The third-order valence-electron chi connectivity index (χ3n) is 5.51. The van der Waals surface area contributed by atoms with Gasteiger partial charge >= 0.3 is 0 Å². The highest BCUT2D eigenvalue weighted by Crippen LogP contribution is 2.53. The van der Waals surface area contributed by atoms with Crippen molar-refractivity contribution in [3.05, 3.63) is 17.7 Å². The zero-order valence-electron chi connectivity index (χ0n) is 11.2. The van der Waals surface area contributed by atoms with Crippen molar-refractivity contribution in [2.45, 2.75) is 51.6 Å². The van der Waals surface area contributed by atoms with E-state index in [9.17, 15) is 0 Å². The molecule has 5 rings (SSSR count). The molecular formula is C15H23N3. The summed E-state index contributed by atoms with van der Waals surface area (Å²) in [6.07, 6.45) is 9.48. The van der Waals surface area contributed by atoms with Gasteiger partial charge in [-0.2, -0.15) is 0 Å². The number of H-pyrrole nitrogens is 1. The van der Waals surface area contributed by atoms with Crippen LogP contribution in [0, 0.1) is 30.6 Å². The van der Waals surface area contributed by atoms with Crippen LogP contribution < -0.4 is 5.32 Å². The zero-order valence-corrected chi connectivity index (χ0v) is 11.2. The maximum Gasteiger partial charge on any atom is 0.103 e. The van der Waals surface area contributed by atoms with Crippen molar-refractivity contribution in [2.75, 3.05) is 0 Å². The highest BCUT2D eigenvalue weighted by atomic mass is 15.0. The van der Waals surface area contributed by atoms with E-state index in [0.29, 0.717) is 0 Å². The van der Waals surface area contributed by atoms with Crippen LogP contribution in [0.25, 0.3) is 0 Å². The van der Waals surface area contributed by atoms with Gasteiger partial charge in [-0.15, -0.1) is 0 Å². The summed E-state index contributed by atoms with van der Waals surface area (Å²) >= 11 is 0. The van der Waals surface area contributed by atoms with Gasteiger partial charge in [0.05, 0.1) is 0 Å². The smallest absolute Gasteiger partial charge is 0.103 e. The molecule has 98 valence electrons. The number of nitrogens with one attached hydrogen (secondary N) is 2. The fraction of sp³-hybridized carbons (Fsp3) is 0.800. The van der Waals surface area contributed by atoms with Crippen molar-refractivity contribution in [3.8, 4) is 0 Å². The molecule has 1 aromatic rings. The Bertz CT molecular complexity index is 409. The fourth-order valence-corrected chi connectivity index (χ4v) is 5.05. The van der Waals surface area contributed by atoms with E-state index < -0.39 is 0 Å². The van der Waals surface area contributed by atoms with Crippen molar-refractivity contribution in [2.24, 2.45) is 23.7 Å². The summed E-state index contributed by atoms with van der Waals surface area (Å²) in [5, 5.41) is 3.82. The third-order valence-corrected chi connectivity index (χ3v) is 5.51. The second kappa shape index (κ2) is 4.09. The zero-order chi connectivity index (χ0) is 12.1. The molecule has 3 heteroatoms. The number of hydrogen-bond acceptors (Lipinski definition) is 2. The van der Waals surface area contributed by atoms with Crippen LogP contribution >= 0.6 is 0 Å². The van der Waals surface area contributed by atoms with E-state index >= 15 is 0 Å². The first-order valence-electron chi connectivity index (χ1n) is 7.52. The first kappa shape index (κ1) is 11.0. The maximum absolute atomic E-state index is 4.28. The Labute approximate surface area is 109 Å². The van der Waals surface area contributed by atoms with Gasteiger partial charge in [-0.3, -0.25) is 0 Å². The first-order valence-corrected chi connectivity index (χ1v) is 7.52. The van der Waals surface area contributed by atoms with Crippen LogP contribution in [-0.4, -0.2) is 16.0 Å². The number of aromatic amines is 1. The Morgan fingerprint density at radius 3 is 2.39 bits per heavy atom. The predicted octanol–water partition coefficient (Wildman–Crippen LogP) is 2.63. The van der Waals surface area contributed by atoms with E-state index in [0.717, 1.165) is 42.1 Å². The minimum Gasteiger partial charge on any atom is -0.345 e. The second-order valence-corrected chi connectivity index (χ2v) is 6.83. The van der Waals surface area contributed by atoms with E-state index in [-0.39, 0.29) is 0 Å². The monoisotopic (exact) mass is 245 g/mol. The van der Waals surface area contributed by atoms with E-state index in [4.69, 9.17) is 0 Å². The van der Waals surface area contributed by atoms with Crippen LogP contribution in [0.1, 0.15) is 43.6 Å². The van der Waals surface area contributed by atoms with E-state index in [2.05, 4.69) is 15.3 Å². The molecule has 4 saturated carbocycles. The minimum absolute atomic E-state index is 0.779. The molecule has 0 aliphatic heterocycles. The third kappa shape index (κ3) is 1.80. The molecule has 0 spiro atoms. The van der Waals surface area contributed by atoms with Crippen LogP contribution in [0.15, 0.2) is 6.20 Å². The van der Waals surface area contributed by atoms with Crippen LogP contribution in [0.5, 0.6) is 0 Å². The Morgan fingerprint density at radius 2 is 1.83 bits per heavy atom. The lowest BCUT2D eigenvalue weighted by atomic mass is 9.54. The molecule has 4 bridgehead atoms. The van der Waals surface area contributed by atoms with Crippen LogP contribution in [0.3, 0.4) is 0 Å². The molecule has 2 N–H and O–H groups in total. The summed E-state index contributed by atoms with van der Waals surface area (Å²) in [6, 6.07) is 0.779.